The highest BCUT2D eigenvalue weighted by molar-refractivity contribution is 5.71. The molecule has 0 aromatic carbocycles. The summed E-state index contributed by atoms with van der Waals surface area (Å²) in [7, 11) is 0. The van der Waals surface area contributed by atoms with Gasteiger partial charge in [0.25, 0.3) is 0 Å². The van der Waals surface area contributed by atoms with Crippen molar-refractivity contribution >= 4 is 17.9 Å². The second kappa shape index (κ2) is 49.5. The third kappa shape index (κ3) is 47.7. The van der Waals surface area contributed by atoms with Crippen LogP contribution in [0.3, 0.4) is 0 Å². The van der Waals surface area contributed by atoms with Crippen molar-refractivity contribution in [2.24, 2.45) is 0 Å². The number of allylic oxidation sites excluding steroid dienone is 12. The topological polar surface area (TPSA) is 78.9 Å². The predicted octanol–water partition coefficient (Wildman–Crippen LogP) is 16.6. The molecule has 0 heterocycles. The van der Waals surface area contributed by atoms with Crippen LogP contribution in [-0.2, 0) is 28.6 Å². The highest BCUT2D eigenvalue weighted by atomic mass is 16.6. The molecule has 0 N–H and O–H groups in total. The summed E-state index contributed by atoms with van der Waals surface area (Å²) in [5.74, 6) is -0.894. The van der Waals surface area contributed by atoms with Gasteiger partial charge in [-0.15, -0.1) is 0 Å². The van der Waals surface area contributed by atoms with E-state index in [-0.39, 0.29) is 31.1 Å². The Hall–Kier alpha value is -3.15. The van der Waals surface area contributed by atoms with Gasteiger partial charge in [-0.05, 0) is 70.6 Å². The van der Waals surface area contributed by atoms with Gasteiger partial charge in [-0.3, -0.25) is 14.4 Å². The molecule has 61 heavy (non-hydrogen) atoms. The van der Waals surface area contributed by atoms with Gasteiger partial charge >= 0.3 is 17.9 Å². The van der Waals surface area contributed by atoms with Gasteiger partial charge in [-0.2, -0.15) is 0 Å². The van der Waals surface area contributed by atoms with Crippen LogP contribution in [0.25, 0.3) is 0 Å². The molecule has 0 aromatic heterocycles. The van der Waals surface area contributed by atoms with Crippen LogP contribution >= 0.6 is 0 Å². The van der Waals surface area contributed by atoms with Crippen LogP contribution in [0.1, 0.15) is 239 Å². The van der Waals surface area contributed by atoms with E-state index in [2.05, 4.69) is 93.7 Å². The Morgan fingerprint density at radius 1 is 0.344 bits per heavy atom. The number of hydrogen-bond acceptors (Lipinski definition) is 6. The lowest BCUT2D eigenvalue weighted by atomic mass is 10.1. The van der Waals surface area contributed by atoms with E-state index in [4.69, 9.17) is 14.2 Å². The van der Waals surface area contributed by atoms with E-state index in [0.717, 1.165) is 96.3 Å². The molecule has 0 aliphatic heterocycles. The molecule has 350 valence electrons. The number of ether oxygens (including phenoxy) is 3. The molecule has 6 heteroatoms. The Labute approximate surface area is 376 Å². The van der Waals surface area contributed by atoms with Crippen molar-refractivity contribution in [3.05, 3.63) is 72.9 Å². The molecule has 1 atom stereocenters. The Bertz CT molecular complexity index is 1160. The van der Waals surface area contributed by atoms with Crippen molar-refractivity contribution in [2.45, 2.75) is 245 Å². The van der Waals surface area contributed by atoms with Gasteiger partial charge in [0.2, 0.25) is 0 Å². The van der Waals surface area contributed by atoms with Gasteiger partial charge in [-0.25, -0.2) is 0 Å². The fourth-order valence-corrected chi connectivity index (χ4v) is 6.92. The zero-order chi connectivity index (χ0) is 44.4. The van der Waals surface area contributed by atoms with Gasteiger partial charge < -0.3 is 14.2 Å². The Morgan fingerprint density at radius 2 is 0.639 bits per heavy atom. The van der Waals surface area contributed by atoms with Crippen molar-refractivity contribution in [1.82, 2.24) is 0 Å². The predicted molar refractivity (Wildman–Crippen MR) is 261 cm³/mol. The van der Waals surface area contributed by atoms with E-state index in [9.17, 15) is 14.4 Å². The van der Waals surface area contributed by atoms with E-state index < -0.39 is 6.10 Å². The Morgan fingerprint density at radius 3 is 1.00 bits per heavy atom. The Kier molecular flexibility index (Phi) is 46.9. The molecule has 0 fully saturated rings. The van der Waals surface area contributed by atoms with Crippen molar-refractivity contribution in [3.63, 3.8) is 0 Å². The summed E-state index contributed by atoms with van der Waals surface area (Å²) in [6.07, 6.45) is 62.2. The van der Waals surface area contributed by atoms with E-state index >= 15 is 0 Å². The first-order valence-corrected chi connectivity index (χ1v) is 25.4. The van der Waals surface area contributed by atoms with Crippen molar-refractivity contribution < 1.29 is 28.6 Å². The molecule has 0 spiro atoms. The third-order valence-electron chi connectivity index (χ3n) is 10.7. The average molecular weight is 851 g/mol. The lowest BCUT2D eigenvalue weighted by molar-refractivity contribution is -0.167. The van der Waals surface area contributed by atoms with Gasteiger partial charge in [0.05, 0.1) is 0 Å². The van der Waals surface area contributed by atoms with Crippen LogP contribution in [0.5, 0.6) is 0 Å². The number of unbranched alkanes of at least 4 members (excludes halogenated alkanes) is 22. The molecule has 0 rings (SSSR count). The number of carbonyl (C=O) groups is 3. The summed E-state index contributed by atoms with van der Waals surface area (Å²) < 4.78 is 16.6. The maximum atomic E-state index is 12.6. The normalized spacial score (nSPS) is 12.6. The van der Waals surface area contributed by atoms with E-state index in [1.54, 1.807) is 0 Å². The van der Waals surface area contributed by atoms with Crippen LogP contribution < -0.4 is 0 Å². The zero-order valence-corrected chi connectivity index (χ0v) is 39.9. The minimum absolute atomic E-state index is 0.0748. The van der Waals surface area contributed by atoms with E-state index in [1.807, 2.05) is 0 Å². The van der Waals surface area contributed by atoms with E-state index in [0.29, 0.717) is 19.3 Å². The third-order valence-corrected chi connectivity index (χ3v) is 10.7. The molecule has 6 nitrogen and oxygen atoms in total. The fourth-order valence-electron chi connectivity index (χ4n) is 6.92. The van der Waals surface area contributed by atoms with Crippen LogP contribution in [0.15, 0.2) is 72.9 Å². The second-order valence-electron chi connectivity index (χ2n) is 16.7. The molecule has 0 bridgehead atoms. The number of carbonyl (C=O) groups excluding carboxylic acids is 3. The molecule has 0 saturated heterocycles. The maximum absolute atomic E-state index is 12.6. The average Bonchev–Trinajstić information content (AvgIpc) is 3.26. The van der Waals surface area contributed by atoms with Crippen LogP contribution in [0, 0.1) is 0 Å². The van der Waals surface area contributed by atoms with Crippen molar-refractivity contribution in [3.8, 4) is 0 Å². The minimum atomic E-state index is -0.768. The minimum Gasteiger partial charge on any atom is -0.462 e. The lowest BCUT2D eigenvalue weighted by Gasteiger charge is -2.18. The SMILES string of the molecule is CC/C=C\C/C=C\C/C=C\C/C=C\C/C=C\C/C=C\CCCCCCCCCCCCC(=O)OCC(COC(=O)CCCCCCCC)OC(=O)CCCCCCCCCC. The summed E-state index contributed by atoms with van der Waals surface area (Å²) >= 11 is 0. The Balaban J connectivity index is 4.01. The molecule has 0 aliphatic rings. The first-order valence-electron chi connectivity index (χ1n) is 25.4. The standard InChI is InChI=1S/C55H94O6/c1-4-7-10-13-16-18-19-20-21-22-23-24-25-26-27-28-29-30-31-32-33-34-35-36-37-38-40-42-45-48-54(57)60-51-52(50-59-53(56)47-44-41-15-12-9-6-3)61-55(58)49-46-43-39-17-14-11-8-5-2/h7,10,16,18,20-21,23-24,26-27,29-30,52H,4-6,8-9,11-15,17,19,22,25,28,31-51H2,1-3H3/b10-7-,18-16-,21-20-,24-23-,27-26-,30-29-. The van der Waals surface area contributed by atoms with Crippen LogP contribution in [0.4, 0.5) is 0 Å². The molecule has 1 unspecified atom stereocenters. The largest absolute Gasteiger partial charge is 0.462 e. The zero-order valence-electron chi connectivity index (χ0n) is 39.9. The molecule has 0 radical (unpaired) electrons. The van der Waals surface area contributed by atoms with Crippen molar-refractivity contribution in [1.29, 1.82) is 0 Å². The highest BCUT2D eigenvalue weighted by Gasteiger charge is 2.19. The monoisotopic (exact) mass is 851 g/mol. The molecule has 0 saturated carbocycles. The van der Waals surface area contributed by atoms with Gasteiger partial charge in [-0.1, -0.05) is 222 Å². The van der Waals surface area contributed by atoms with E-state index in [1.165, 1.54) is 103 Å². The number of hydrogen-bond donors (Lipinski definition) is 0. The smallest absolute Gasteiger partial charge is 0.306 e. The summed E-state index contributed by atoms with van der Waals surface area (Å²) in [6, 6.07) is 0. The first kappa shape index (κ1) is 57.9. The molecule has 0 aliphatic carbocycles. The highest BCUT2D eigenvalue weighted by Crippen LogP contribution is 2.14. The fraction of sp³-hybridized carbons (Fsp3) is 0.727. The van der Waals surface area contributed by atoms with Crippen LogP contribution in [0.2, 0.25) is 0 Å². The summed E-state index contributed by atoms with van der Waals surface area (Å²) in [6.45, 7) is 6.42. The number of rotatable bonds is 45. The summed E-state index contributed by atoms with van der Waals surface area (Å²) in [4.78, 5) is 37.5. The molecule has 0 amide bonds. The van der Waals surface area contributed by atoms with Gasteiger partial charge in [0, 0.05) is 19.3 Å². The van der Waals surface area contributed by atoms with Gasteiger partial charge in [0.1, 0.15) is 13.2 Å². The quantitative estimate of drug-likeness (QED) is 0.0263. The molecular weight excluding hydrogens is 757 g/mol. The maximum Gasteiger partial charge on any atom is 0.306 e. The van der Waals surface area contributed by atoms with Crippen molar-refractivity contribution in [2.75, 3.05) is 13.2 Å². The summed E-state index contributed by atoms with van der Waals surface area (Å²) in [5, 5.41) is 0. The molecule has 0 aromatic rings. The van der Waals surface area contributed by atoms with Gasteiger partial charge in [0.15, 0.2) is 6.10 Å². The first-order chi connectivity index (χ1) is 30.0. The lowest BCUT2D eigenvalue weighted by Crippen LogP contribution is -2.30. The second-order valence-corrected chi connectivity index (χ2v) is 16.7. The number of esters is 3. The van der Waals surface area contributed by atoms with Crippen LogP contribution in [-0.4, -0.2) is 37.2 Å². The summed E-state index contributed by atoms with van der Waals surface area (Å²) in [5.41, 5.74) is 0. The molecular formula is C55H94O6.